The van der Waals surface area contributed by atoms with Gasteiger partial charge in [0.05, 0.1) is 12.7 Å². The largest absolute Gasteiger partial charge is 0.497 e. The highest BCUT2D eigenvalue weighted by Gasteiger charge is 2.29. The lowest BCUT2D eigenvalue weighted by Gasteiger charge is -2.23. The predicted molar refractivity (Wildman–Crippen MR) is 139 cm³/mol. The minimum absolute atomic E-state index is 0.152. The van der Waals surface area contributed by atoms with E-state index in [1.165, 1.54) is 11.3 Å². The lowest BCUT2D eigenvalue weighted by Crippen LogP contribution is -2.41. The summed E-state index contributed by atoms with van der Waals surface area (Å²) in [6.45, 7) is 1.90. The Kier molecular flexibility index (Phi) is 7.31. The van der Waals surface area contributed by atoms with Gasteiger partial charge in [-0.15, -0.1) is 0 Å². The number of hydrogen-bond donors (Lipinski definition) is 2. The Morgan fingerprint density at radius 2 is 2.00 bits per heavy atom. The number of benzene rings is 2. The first-order valence-corrected chi connectivity index (χ1v) is 12.9. The van der Waals surface area contributed by atoms with Gasteiger partial charge in [-0.1, -0.05) is 29.5 Å². The fourth-order valence-electron chi connectivity index (χ4n) is 4.01. The van der Waals surface area contributed by atoms with Crippen molar-refractivity contribution < 1.29 is 28.5 Å². The monoisotopic (exact) mass is 524 g/mol. The van der Waals surface area contributed by atoms with E-state index in [0.29, 0.717) is 58.5 Å². The maximum absolute atomic E-state index is 13.2. The van der Waals surface area contributed by atoms with Crippen LogP contribution in [-0.2, 0) is 0 Å². The number of rotatable bonds is 9. The molecule has 2 heterocycles. The molecule has 1 saturated carbocycles. The van der Waals surface area contributed by atoms with Crippen LogP contribution in [0.15, 0.2) is 42.5 Å². The first-order valence-electron chi connectivity index (χ1n) is 12.1. The van der Waals surface area contributed by atoms with Gasteiger partial charge in [-0.05, 0) is 43.0 Å². The van der Waals surface area contributed by atoms with E-state index >= 15 is 0 Å². The van der Waals surface area contributed by atoms with Gasteiger partial charge in [0.1, 0.15) is 23.8 Å². The van der Waals surface area contributed by atoms with Crippen LogP contribution in [0.4, 0.5) is 9.93 Å². The second-order valence-corrected chi connectivity index (χ2v) is 9.79. The Hall–Kier alpha value is -3.99. The van der Waals surface area contributed by atoms with Crippen LogP contribution in [0.2, 0.25) is 0 Å². The molecule has 2 amide bonds. The Labute approximate surface area is 218 Å². The van der Waals surface area contributed by atoms with Crippen molar-refractivity contribution in [2.75, 3.05) is 45.7 Å². The average molecular weight is 525 g/mol. The van der Waals surface area contributed by atoms with Crippen LogP contribution in [0.25, 0.3) is 10.4 Å². The molecule has 0 unspecified atom stereocenters. The van der Waals surface area contributed by atoms with Gasteiger partial charge < -0.3 is 34.9 Å². The lowest BCUT2D eigenvalue weighted by molar-refractivity contribution is 0.0933. The molecule has 0 atom stereocenters. The highest BCUT2D eigenvalue weighted by atomic mass is 32.1. The first kappa shape index (κ1) is 24.7. The molecule has 2 aliphatic rings. The van der Waals surface area contributed by atoms with Crippen LogP contribution < -0.4 is 30.0 Å². The molecule has 1 aromatic heterocycles. The fraction of sp³-hybridized carbons (Fsp3) is 0.346. The maximum Gasteiger partial charge on any atom is 0.416 e. The first-order chi connectivity index (χ1) is 18.0. The summed E-state index contributed by atoms with van der Waals surface area (Å²) in [7, 11) is 1.59. The van der Waals surface area contributed by atoms with E-state index in [4.69, 9.17) is 24.7 Å². The van der Waals surface area contributed by atoms with Crippen molar-refractivity contribution >= 4 is 28.5 Å². The molecule has 3 N–H and O–H groups in total. The number of nitrogens with two attached hydrogens (primary N) is 1. The summed E-state index contributed by atoms with van der Waals surface area (Å²) in [5.74, 6) is 1.94. The van der Waals surface area contributed by atoms with Crippen molar-refractivity contribution in [1.29, 1.82) is 0 Å². The minimum Gasteiger partial charge on any atom is -0.497 e. The molecule has 0 radical (unpaired) electrons. The summed E-state index contributed by atoms with van der Waals surface area (Å²) < 4.78 is 22.2. The van der Waals surface area contributed by atoms with Gasteiger partial charge in [0, 0.05) is 25.2 Å². The number of thiazole rings is 1. The van der Waals surface area contributed by atoms with Gasteiger partial charge in [-0.2, -0.15) is 4.98 Å². The summed E-state index contributed by atoms with van der Waals surface area (Å²) in [5, 5.41) is 3.17. The number of para-hydroxylation sites is 1. The molecule has 10 nitrogen and oxygen atoms in total. The number of nitrogen functional groups attached to an aromatic ring is 1. The highest BCUT2D eigenvalue weighted by Crippen LogP contribution is 2.39. The molecule has 37 heavy (non-hydrogen) atoms. The molecule has 11 heteroatoms. The van der Waals surface area contributed by atoms with Crippen LogP contribution in [0, 0.1) is 5.92 Å². The third-order valence-corrected chi connectivity index (χ3v) is 6.96. The number of methoxy groups -OCH3 is 1. The van der Waals surface area contributed by atoms with Gasteiger partial charge in [0.2, 0.25) is 5.88 Å². The molecule has 0 saturated heterocycles. The highest BCUT2D eigenvalue weighted by molar-refractivity contribution is 7.19. The molecule has 0 bridgehead atoms. The molecule has 1 aliphatic carbocycles. The topological polar surface area (TPSA) is 125 Å². The third kappa shape index (κ3) is 5.88. The van der Waals surface area contributed by atoms with Crippen molar-refractivity contribution in [3.05, 3.63) is 48.0 Å². The number of hydrogen-bond acceptors (Lipinski definition) is 9. The Morgan fingerprint density at radius 1 is 1.19 bits per heavy atom. The fourth-order valence-corrected chi connectivity index (χ4v) is 4.76. The van der Waals surface area contributed by atoms with Crippen LogP contribution in [-0.4, -0.2) is 61.8 Å². The van der Waals surface area contributed by atoms with E-state index < -0.39 is 6.09 Å². The number of ether oxygens (including phenoxy) is 4. The zero-order valence-corrected chi connectivity index (χ0v) is 21.2. The van der Waals surface area contributed by atoms with Crippen molar-refractivity contribution in [3.63, 3.8) is 0 Å². The Balaban J connectivity index is 1.25. The van der Waals surface area contributed by atoms with E-state index in [2.05, 4.69) is 10.3 Å². The zero-order valence-electron chi connectivity index (χ0n) is 20.4. The molecule has 1 fully saturated rings. The molecule has 3 aromatic rings. The normalized spacial score (nSPS) is 14.1. The minimum atomic E-state index is -0.538. The average Bonchev–Trinajstić information content (AvgIpc) is 3.67. The van der Waals surface area contributed by atoms with Gasteiger partial charge in [0.15, 0.2) is 16.6 Å². The van der Waals surface area contributed by atoms with Crippen LogP contribution in [0.1, 0.15) is 23.2 Å². The Bertz CT molecular complexity index is 1290. The third-order valence-electron chi connectivity index (χ3n) is 6.04. The Morgan fingerprint density at radius 3 is 2.81 bits per heavy atom. The molecular weight excluding hydrogens is 496 g/mol. The van der Waals surface area contributed by atoms with Gasteiger partial charge in [-0.3, -0.25) is 4.79 Å². The van der Waals surface area contributed by atoms with E-state index in [-0.39, 0.29) is 24.9 Å². The van der Waals surface area contributed by atoms with Gasteiger partial charge in [-0.25, -0.2) is 4.79 Å². The van der Waals surface area contributed by atoms with E-state index in [9.17, 15) is 9.59 Å². The van der Waals surface area contributed by atoms with Crippen LogP contribution >= 0.6 is 11.3 Å². The molecule has 194 valence electrons. The quantitative estimate of drug-likeness (QED) is 0.433. The molecular formula is C26H28N4O6S. The van der Waals surface area contributed by atoms with E-state index in [1.807, 2.05) is 24.3 Å². The van der Waals surface area contributed by atoms with Gasteiger partial charge >= 0.3 is 6.09 Å². The molecule has 0 spiro atoms. The number of carbonyl (C=O) groups is 2. The maximum atomic E-state index is 13.2. The second-order valence-electron chi connectivity index (χ2n) is 8.76. The number of nitrogens with zero attached hydrogens (tertiary/aromatic N) is 2. The summed E-state index contributed by atoms with van der Waals surface area (Å²) in [6.07, 6.45) is 1.58. The van der Waals surface area contributed by atoms with Crippen molar-refractivity contribution in [2.24, 2.45) is 5.92 Å². The number of fused-ring (bicyclic) bond motifs is 1. The number of aromatic nitrogens is 1. The van der Waals surface area contributed by atoms with Crippen molar-refractivity contribution in [1.82, 2.24) is 15.2 Å². The van der Waals surface area contributed by atoms with Crippen molar-refractivity contribution in [3.8, 4) is 33.6 Å². The summed E-state index contributed by atoms with van der Waals surface area (Å²) in [4.78, 5) is 32.5. The van der Waals surface area contributed by atoms with Crippen molar-refractivity contribution in [2.45, 2.75) is 12.8 Å². The van der Waals surface area contributed by atoms with Crippen LogP contribution in [0.3, 0.4) is 0 Å². The number of nitrogens with one attached hydrogen (secondary N) is 1. The standard InChI is InChI=1S/C26H28N4O6S/c1-33-18-5-2-4-17(14-18)22-24(29-25(27)37-22)36-26(32)30(15-16-8-9-16)11-10-28-23(31)19-6-3-7-20-21(19)35-13-12-34-20/h2-7,14,16H,8-13,15H2,1H3,(H2,27,29)(H,28,31). The second kappa shape index (κ2) is 11.0. The van der Waals surface area contributed by atoms with Gasteiger partial charge in [0.25, 0.3) is 5.91 Å². The molecule has 1 aliphatic heterocycles. The molecule has 2 aromatic carbocycles. The summed E-state index contributed by atoms with van der Waals surface area (Å²) >= 11 is 1.23. The lowest BCUT2D eigenvalue weighted by atomic mass is 10.1. The SMILES string of the molecule is COc1cccc(-c2sc(N)nc2OC(=O)N(CCNC(=O)c2cccc3c2OCCO3)CC2CC2)c1. The van der Waals surface area contributed by atoms with E-state index in [1.54, 1.807) is 30.2 Å². The molecule has 5 rings (SSSR count). The number of carbonyl (C=O) groups excluding carboxylic acids is 2. The zero-order chi connectivity index (χ0) is 25.8. The smallest absolute Gasteiger partial charge is 0.416 e. The number of amides is 2. The van der Waals surface area contributed by atoms with Crippen LogP contribution in [0.5, 0.6) is 23.1 Å². The summed E-state index contributed by atoms with van der Waals surface area (Å²) in [5.41, 5.74) is 7.14. The summed E-state index contributed by atoms with van der Waals surface area (Å²) in [6, 6.07) is 12.6. The predicted octanol–water partition coefficient (Wildman–Crippen LogP) is 3.81. The number of anilines is 1. The van der Waals surface area contributed by atoms with E-state index in [0.717, 1.165) is 18.4 Å².